The second-order valence-electron chi connectivity index (χ2n) is 4.11. The Bertz CT molecular complexity index is 647. The van der Waals surface area contributed by atoms with Crippen molar-refractivity contribution in [1.82, 2.24) is 10.0 Å². The molecule has 1 rings (SSSR count). The van der Waals surface area contributed by atoms with E-state index in [2.05, 4.69) is 22.3 Å². The third-order valence-electron chi connectivity index (χ3n) is 2.53. The van der Waals surface area contributed by atoms with Gasteiger partial charge in [-0.3, -0.25) is 4.79 Å². The largest absolute Gasteiger partial charge is 0.389 e. The summed E-state index contributed by atoms with van der Waals surface area (Å²) in [6.07, 6.45) is 0.0103. The summed E-state index contributed by atoms with van der Waals surface area (Å²) in [7, 11) is -3.86. The number of nitrogens with two attached hydrogens (primary N) is 1. The highest BCUT2D eigenvalue weighted by molar-refractivity contribution is 7.89. The van der Waals surface area contributed by atoms with Gasteiger partial charge in [0.25, 0.3) is 0 Å². The molecule has 0 aliphatic rings. The standard InChI is InChI=1S/C12H16FN3O3S2/c1-2-15-11(17)5-6-16-21(18,19)8-3-4-10(13)9(7-8)12(14)20/h3-4,7,16H,2,5-6H2,1H3,(H2,14,20)(H,15,17). The van der Waals surface area contributed by atoms with E-state index in [-0.39, 0.29) is 34.3 Å². The van der Waals surface area contributed by atoms with Crippen LogP contribution in [0.5, 0.6) is 0 Å². The van der Waals surface area contributed by atoms with Gasteiger partial charge in [0.1, 0.15) is 10.8 Å². The molecular weight excluding hydrogens is 317 g/mol. The topological polar surface area (TPSA) is 101 Å². The van der Waals surface area contributed by atoms with E-state index in [0.717, 1.165) is 18.2 Å². The third kappa shape index (κ3) is 5.03. The number of halogens is 1. The Morgan fingerprint density at radius 1 is 1.43 bits per heavy atom. The summed E-state index contributed by atoms with van der Waals surface area (Å²) >= 11 is 4.65. The Balaban J connectivity index is 2.81. The molecule has 116 valence electrons. The van der Waals surface area contributed by atoms with Crippen molar-refractivity contribution in [2.24, 2.45) is 5.73 Å². The van der Waals surface area contributed by atoms with Gasteiger partial charge in [-0.1, -0.05) is 12.2 Å². The molecule has 4 N–H and O–H groups in total. The van der Waals surface area contributed by atoms with E-state index in [1.807, 2.05) is 0 Å². The van der Waals surface area contributed by atoms with Gasteiger partial charge in [-0.25, -0.2) is 17.5 Å². The van der Waals surface area contributed by atoms with Gasteiger partial charge in [-0.15, -0.1) is 0 Å². The molecule has 0 saturated carbocycles. The van der Waals surface area contributed by atoms with E-state index in [1.165, 1.54) is 0 Å². The molecule has 0 radical (unpaired) electrons. The maximum Gasteiger partial charge on any atom is 0.240 e. The van der Waals surface area contributed by atoms with Crippen molar-refractivity contribution >= 4 is 33.1 Å². The monoisotopic (exact) mass is 333 g/mol. The van der Waals surface area contributed by atoms with Gasteiger partial charge in [-0.2, -0.15) is 0 Å². The normalized spacial score (nSPS) is 11.1. The molecule has 6 nitrogen and oxygen atoms in total. The van der Waals surface area contributed by atoms with Gasteiger partial charge in [-0.05, 0) is 25.1 Å². The minimum atomic E-state index is -3.86. The Labute approximate surface area is 128 Å². The smallest absolute Gasteiger partial charge is 0.240 e. The first-order chi connectivity index (χ1) is 9.77. The van der Waals surface area contributed by atoms with Crippen LogP contribution < -0.4 is 15.8 Å². The Hall–Kier alpha value is -1.58. The number of carbonyl (C=O) groups excluding carboxylic acids is 1. The molecule has 0 atom stereocenters. The fourth-order valence-electron chi connectivity index (χ4n) is 1.53. The Morgan fingerprint density at radius 2 is 2.10 bits per heavy atom. The number of carbonyl (C=O) groups is 1. The van der Waals surface area contributed by atoms with Gasteiger partial charge < -0.3 is 11.1 Å². The molecule has 1 amide bonds. The minimum absolute atomic E-state index is 0.0103. The highest BCUT2D eigenvalue weighted by Crippen LogP contribution is 2.15. The van der Waals surface area contributed by atoms with E-state index >= 15 is 0 Å². The highest BCUT2D eigenvalue weighted by atomic mass is 32.2. The number of sulfonamides is 1. The summed E-state index contributed by atoms with van der Waals surface area (Å²) in [5, 5.41) is 2.55. The highest BCUT2D eigenvalue weighted by Gasteiger charge is 2.17. The molecular formula is C12H16FN3O3S2. The van der Waals surface area contributed by atoms with Crippen molar-refractivity contribution in [3.8, 4) is 0 Å². The third-order valence-corrected chi connectivity index (χ3v) is 4.21. The zero-order valence-electron chi connectivity index (χ0n) is 11.3. The number of amides is 1. The van der Waals surface area contributed by atoms with Crippen LogP contribution in [0.2, 0.25) is 0 Å². The lowest BCUT2D eigenvalue weighted by atomic mass is 10.2. The van der Waals surface area contributed by atoms with Crippen LogP contribution in [-0.4, -0.2) is 32.4 Å². The fourth-order valence-corrected chi connectivity index (χ4v) is 2.74. The van der Waals surface area contributed by atoms with Crippen LogP contribution in [-0.2, 0) is 14.8 Å². The number of benzene rings is 1. The van der Waals surface area contributed by atoms with E-state index in [4.69, 9.17) is 5.73 Å². The zero-order chi connectivity index (χ0) is 16.0. The summed E-state index contributed by atoms with van der Waals surface area (Å²) in [5.74, 6) is -0.952. The molecule has 9 heteroatoms. The first-order valence-electron chi connectivity index (χ1n) is 6.13. The number of hydrogen-bond donors (Lipinski definition) is 3. The van der Waals surface area contributed by atoms with Crippen molar-refractivity contribution in [3.63, 3.8) is 0 Å². The second kappa shape index (κ2) is 7.43. The fraction of sp³-hybridized carbons (Fsp3) is 0.333. The van der Waals surface area contributed by atoms with E-state index in [9.17, 15) is 17.6 Å². The molecule has 0 fully saturated rings. The molecule has 0 aliphatic heterocycles. The maximum absolute atomic E-state index is 13.4. The van der Waals surface area contributed by atoms with Crippen LogP contribution in [0.1, 0.15) is 18.9 Å². The van der Waals surface area contributed by atoms with Gasteiger partial charge in [0.15, 0.2) is 0 Å². The Morgan fingerprint density at radius 3 is 2.67 bits per heavy atom. The summed E-state index contributed by atoms with van der Waals surface area (Å²) in [6.45, 7) is 2.17. The van der Waals surface area contributed by atoms with Gasteiger partial charge >= 0.3 is 0 Å². The lowest BCUT2D eigenvalue weighted by molar-refractivity contribution is -0.120. The summed E-state index contributed by atoms with van der Waals surface area (Å²) < 4.78 is 39.7. The summed E-state index contributed by atoms with van der Waals surface area (Å²) in [6, 6.07) is 3.14. The van der Waals surface area contributed by atoms with Gasteiger partial charge in [0.2, 0.25) is 15.9 Å². The van der Waals surface area contributed by atoms with Crippen molar-refractivity contribution in [2.45, 2.75) is 18.2 Å². The number of nitrogens with one attached hydrogen (secondary N) is 2. The number of thiocarbonyl (C=S) groups is 1. The van der Waals surface area contributed by atoms with Gasteiger partial charge in [0, 0.05) is 25.1 Å². The Kier molecular flexibility index (Phi) is 6.19. The average Bonchev–Trinajstić information content (AvgIpc) is 2.38. The van der Waals surface area contributed by atoms with E-state index < -0.39 is 15.8 Å². The molecule has 0 aromatic heterocycles. The van der Waals surface area contributed by atoms with Crippen molar-refractivity contribution < 1.29 is 17.6 Å². The van der Waals surface area contributed by atoms with Crippen molar-refractivity contribution in [3.05, 3.63) is 29.6 Å². The van der Waals surface area contributed by atoms with Crippen LogP contribution in [0, 0.1) is 5.82 Å². The average molecular weight is 333 g/mol. The lowest BCUT2D eigenvalue weighted by Gasteiger charge is -2.08. The van der Waals surface area contributed by atoms with Gasteiger partial charge in [0.05, 0.1) is 4.90 Å². The first-order valence-corrected chi connectivity index (χ1v) is 8.02. The molecule has 21 heavy (non-hydrogen) atoms. The van der Waals surface area contributed by atoms with Crippen LogP contribution >= 0.6 is 12.2 Å². The zero-order valence-corrected chi connectivity index (χ0v) is 13.0. The lowest BCUT2D eigenvalue weighted by Crippen LogP contribution is -2.30. The van der Waals surface area contributed by atoms with Crippen molar-refractivity contribution in [1.29, 1.82) is 0 Å². The quantitative estimate of drug-likeness (QED) is 0.622. The number of hydrogen-bond acceptors (Lipinski definition) is 4. The molecule has 0 saturated heterocycles. The van der Waals surface area contributed by atoms with Crippen LogP contribution in [0.4, 0.5) is 4.39 Å². The van der Waals surface area contributed by atoms with E-state index in [0.29, 0.717) is 6.54 Å². The molecule has 1 aromatic rings. The molecule has 0 unspecified atom stereocenters. The number of rotatable bonds is 7. The second-order valence-corrected chi connectivity index (χ2v) is 6.31. The summed E-state index contributed by atoms with van der Waals surface area (Å²) in [5.41, 5.74) is 5.18. The predicted octanol–water partition coefficient (Wildman–Crippen LogP) is 0.264. The van der Waals surface area contributed by atoms with E-state index in [1.54, 1.807) is 6.92 Å². The first kappa shape index (κ1) is 17.5. The predicted molar refractivity (Wildman–Crippen MR) is 80.8 cm³/mol. The molecule has 1 aromatic carbocycles. The van der Waals surface area contributed by atoms with Crippen LogP contribution in [0.3, 0.4) is 0 Å². The minimum Gasteiger partial charge on any atom is -0.389 e. The molecule has 0 spiro atoms. The SMILES string of the molecule is CCNC(=O)CCNS(=O)(=O)c1ccc(F)c(C(N)=S)c1. The molecule has 0 aliphatic carbocycles. The summed E-state index contributed by atoms with van der Waals surface area (Å²) in [4.78, 5) is 10.8. The maximum atomic E-state index is 13.4. The molecule has 0 heterocycles. The van der Waals surface area contributed by atoms with Crippen molar-refractivity contribution in [2.75, 3.05) is 13.1 Å². The van der Waals surface area contributed by atoms with Crippen LogP contribution in [0.25, 0.3) is 0 Å². The van der Waals surface area contributed by atoms with Crippen LogP contribution in [0.15, 0.2) is 23.1 Å². The molecule has 0 bridgehead atoms.